The van der Waals surface area contributed by atoms with Gasteiger partial charge in [0.1, 0.15) is 0 Å². The second-order valence-corrected chi connectivity index (χ2v) is 3.90. The van der Waals surface area contributed by atoms with Crippen LogP contribution in [0.5, 0.6) is 0 Å². The van der Waals surface area contributed by atoms with Gasteiger partial charge in [-0.1, -0.05) is 13.3 Å². The minimum Gasteiger partial charge on any atom is -0.316 e. The van der Waals surface area contributed by atoms with Crippen LogP contribution >= 0.6 is 11.6 Å². The van der Waals surface area contributed by atoms with E-state index in [4.69, 9.17) is 11.6 Å². The molecule has 2 unspecified atom stereocenters. The summed E-state index contributed by atoms with van der Waals surface area (Å²) in [7, 11) is 0. The van der Waals surface area contributed by atoms with Gasteiger partial charge in [0.05, 0.1) is 0 Å². The number of piperidine rings is 1. The van der Waals surface area contributed by atoms with Crippen molar-refractivity contribution in [3.8, 4) is 0 Å². The summed E-state index contributed by atoms with van der Waals surface area (Å²) in [6, 6.07) is 0. The van der Waals surface area contributed by atoms with E-state index in [1.54, 1.807) is 0 Å². The van der Waals surface area contributed by atoms with Gasteiger partial charge in [-0.3, -0.25) is 4.79 Å². The van der Waals surface area contributed by atoms with Crippen molar-refractivity contribution in [2.24, 2.45) is 11.8 Å². The van der Waals surface area contributed by atoms with E-state index in [0.29, 0.717) is 18.3 Å². The molecule has 0 aliphatic carbocycles. The molecule has 1 aliphatic heterocycles. The van der Waals surface area contributed by atoms with Gasteiger partial charge in [0.15, 0.2) is 0 Å². The van der Waals surface area contributed by atoms with E-state index in [0.717, 1.165) is 25.9 Å². The van der Waals surface area contributed by atoms with Gasteiger partial charge in [-0.2, -0.15) is 0 Å². The van der Waals surface area contributed by atoms with Crippen LogP contribution < -0.4 is 5.32 Å². The second-order valence-electron chi connectivity index (χ2n) is 3.48. The van der Waals surface area contributed by atoms with Crippen LogP contribution in [0.15, 0.2) is 0 Å². The number of hydrogen-bond acceptors (Lipinski definition) is 2. The van der Waals surface area contributed by atoms with Crippen LogP contribution in [0.1, 0.15) is 26.2 Å². The molecule has 0 aromatic carbocycles. The molecule has 0 spiro atoms. The third kappa shape index (κ3) is 2.76. The normalized spacial score (nSPS) is 30.2. The minimum absolute atomic E-state index is 0.180. The molecule has 3 heteroatoms. The summed E-state index contributed by atoms with van der Waals surface area (Å²) in [6.07, 6.45) is 2.79. The van der Waals surface area contributed by atoms with Crippen molar-refractivity contribution in [2.45, 2.75) is 26.2 Å². The predicted octanol–water partition coefficient (Wildman–Crippen LogP) is 1.78. The van der Waals surface area contributed by atoms with Gasteiger partial charge >= 0.3 is 0 Å². The lowest BCUT2D eigenvalue weighted by atomic mass is 9.83. The largest absolute Gasteiger partial charge is 0.316 e. The Balaban J connectivity index is 2.41. The monoisotopic (exact) mass is 189 g/mol. The molecule has 1 rings (SSSR count). The summed E-state index contributed by atoms with van der Waals surface area (Å²) in [5.74, 6) is 1.16. The highest BCUT2D eigenvalue weighted by molar-refractivity contribution is 6.63. The Morgan fingerprint density at radius 1 is 1.58 bits per heavy atom. The van der Waals surface area contributed by atoms with E-state index in [1.165, 1.54) is 0 Å². The highest BCUT2D eigenvalue weighted by Crippen LogP contribution is 2.25. The maximum atomic E-state index is 10.7. The van der Waals surface area contributed by atoms with E-state index >= 15 is 0 Å². The molecular formula is C9H16ClNO. The Bertz CT molecular complexity index is 161. The van der Waals surface area contributed by atoms with Crippen LogP contribution in [0.3, 0.4) is 0 Å². The van der Waals surface area contributed by atoms with Gasteiger partial charge in [-0.15, -0.1) is 0 Å². The summed E-state index contributed by atoms with van der Waals surface area (Å²) >= 11 is 5.37. The zero-order valence-corrected chi connectivity index (χ0v) is 8.23. The standard InChI is InChI=1S/C9H16ClNO/c1-2-7-6-11-4-3-8(7)5-9(10)12/h7-8,11H,2-6H2,1H3. The molecule has 0 bridgehead atoms. The van der Waals surface area contributed by atoms with Crippen LogP contribution in [0.2, 0.25) is 0 Å². The fourth-order valence-electron chi connectivity index (χ4n) is 1.93. The number of nitrogens with one attached hydrogen (secondary N) is 1. The first-order valence-electron chi connectivity index (χ1n) is 4.63. The smallest absolute Gasteiger partial charge is 0.221 e. The van der Waals surface area contributed by atoms with Gasteiger partial charge in [0.2, 0.25) is 5.24 Å². The van der Waals surface area contributed by atoms with Gasteiger partial charge in [-0.05, 0) is 42.9 Å². The quantitative estimate of drug-likeness (QED) is 0.686. The van der Waals surface area contributed by atoms with Crippen LogP contribution in [0.4, 0.5) is 0 Å². The summed E-state index contributed by atoms with van der Waals surface area (Å²) < 4.78 is 0. The number of carbonyl (C=O) groups is 1. The number of carbonyl (C=O) groups excluding carboxylic acids is 1. The maximum Gasteiger partial charge on any atom is 0.221 e. The van der Waals surface area contributed by atoms with E-state index in [-0.39, 0.29) is 5.24 Å². The summed E-state index contributed by atoms with van der Waals surface area (Å²) in [4.78, 5) is 10.7. The summed E-state index contributed by atoms with van der Waals surface area (Å²) in [6.45, 7) is 4.25. The van der Waals surface area contributed by atoms with E-state index in [1.807, 2.05) is 0 Å². The van der Waals surface area contributed by atoms with E-state index in [2.05, 4.69) is 12.2 Å². The average Bonchev–Trinajstić information content (AvgIpc) is 2.04. The molecule has 0 radical (unpaired) electrons. The lowest BCUT2D eigenvalue weighted by Crippen LogP contribution is -2.36. The zero-order chi connectivity index (χ0) is 8.97. The Morgan fingerprint density at radius 3 is 2.92 bits per heavy atom. The SMILES string of the molecule is CCC1CNCCC1CC(=O)Cl. The highest BCUT2D eigenvalue weighted by atomic mass is 35.5. The Kier molecular flexibility index (Phi) is 4.02. The Morgan fingerprint density at radius 2 is 2.33 bits per heavy atom. The number of rotatable bonds is 3. The lowest BCUT2D eigenvalue weighted by molar-refractivity contribution is -0.113. The van der Waals surface area contributed by atoms with Crippen molar-refractivity contribution in [1.82, 2.24) is 5.32 Å². The van der Waals surface area contributed by atoms with Gasteiger partial charge in [-0.25, -0.2) is 0 Å². The van der Waals surface area contributed by atoms with Crippen molar-refractivity contribution in [2.75, 3.05) is 13.1 Å². The molecule has 2 nitrogen and oxygen atoms in total. The molecule has 1 fully saturated rings. The Hall–Kier alpha value is -0.0800. The topological polar surface area (TPSA) is 29.1 Å². The summed E-state index contributed by atoms with van der Waals surface area (Å²) in [5.41, 5.74) is 0. The molecule has 0 amide bonds. The molecule has 0 aromatic heterocycles. The van der Waals surface area contributed by atoms with Crippen LogP contribution in [0.25, 0.3) is 0 Å². The molecule has 2 atom stereocenters. The van der Waals surface area contributed by atoms with E-state index < -0.39 is 0 Å². The molecular weight excluding hydrogens is 174 g/mol. The highest BCUT2D eigenvalue weighted by Gasteiger charge is 2.24. The molecule has 1 heterocycles. The van der Waals surface area contributed by atoms with Crippen LogP contribution in [-0.2, 0) is 4.79 Å². The zero-order valence-electron chi connectivity index (χ0n) is 7.48. The molecule has 12 heavy (non-hydrogen) atoms. The number of hydrogen-bond donors (Lipinski definition) is 1. The number of halogens is 1. The fraction of sp³-hybridized carbons (Fsp3) is 0.889. The van der Waals surface area contributed by atoms with Crippen molar-refractivity contribution in [1.29, 1.82) is 0 Å². The lowest BCUT2D eigenvalue weighted by Gasteiger charge is -2.30. The van der Waals surface area contributed by atoms with E-state index in [9.17, 15) is 4.79 Å². The maximum absolute atomic E-state index is 10.7. The Labute approximate surface area is 78.7 Å². The van der Waals surface area contributed by atoms with Crippen molar-refractivity contribution < 1.29 is 4.79 Å². The van der Waals surface area contributed by atoms with Gasteiger partial charge < -0.3 is 5.32 Å². The fourth-order valence-corrected chi connectivity index (χ4v) is 2.13. The molecule has 1 aliphatic rings. The molecule has 0 saturated carbocycles. The third-order valence-corrected chi connectivity index (χ3v) is 2.87. The average molecular weight is 190 g/mol. The van der Waals surface area contributed by atoms with Crippen molar-refractivity contribution in [3.63, 3.8) is 0 Å². The molecule has 1 saturated heterocycles. The first-order valence-corrected chi connectivity index (χ1v) is 5.01. The third-order valence-electron chi connectivity index (χ3n) is 2.71. The molecule has 1 N–H and O–H groups in total. The second kappa shape index (κ2) is 4.83. The minimum atomic E-state index is -0.180. The predicted molar refractivity (Wildman–Crippen MR) is 50.2 cm³/mol. The first-order chi connectivity index (χ1) is 5.74. The van der Waals surface area contributed by atoms with Crippen molar-refractivity contribution >= 4 is 16.8 Å². The van der Waals surface area contributed by atoms with Gasteiger partial charge in [0.25, 0.3) is 0 Å². The molecule has 70 valence electrons. The van der Waals surface area contributed by atoms with Crippen molar-refractivity contribution in [3.05, 3.63) is 0 Å². The summed E-state index contributed by atoms with van der Waals surface area (Å²) in [5, 5.41) is 3.15. The van der Waals surface area contributed by atoms with Gasteiger partial charge in [0, 0.05) is 6.42 Å². The van der Waals surface area contributed by atoms with Crippen LogP contribution in [-0.4, -0.2) is 18.3 Å². The van der Waals surface area contributed by atoms with Crippen LogP contribution in [0, 0.1) is 11.8 Å². The first kappa shape index (κ1) is 10.0. The molecule has 0 aromatic rings.